The molecule has 2 aromatic rings. The summed E-state index contributed by atoms with van der Waals surface area (Å²) < 4.78 is 29.9. The number of piperidine rings is 2. The normalized spacial score (nSPS) is 23.5. The summed E-state index contributed by atoms with van der Waals surface area (Å²) in [7, 11) is -3.78. The number of hydrogen-bond donors (Lipinski definition) is 0. The van der Waals surface area contributed by atoms with Gasteiger partial charge in [-0.1, -0.05) is 39.0 Å². The van der Waals surface area contributed by atoms with Crippen molar-refractivity contribution in [3.05, 3.63) is 40.8 Å². The van der Waals surface area contributed by atoms with E-state index in [0.29, 0.717) is 54.7 Å². The van der Waals surface area contributed by atoms with Crippen LogP contribution in [0.1, 0.15) is 40.0 Å². The predicted octanol–water partition coefficient (Wildman–Crippen LogP) is 2.93. The number of pyridine rings is 1. The van der Waals surface area contributed by atoms with Crippen molar-refractivity contribution in [3.63, 3.8) is 0 Å². The van der Waals surface area contributed by atoms with E-state index in [1.165, 1.54) is 15.1 Å². The molecule has 0 unspecified atom stereocenters. The maximum atomic E-state index is 13.6. The molecule has 2 atom stereocenters. The van der Waals surface area contributed by atoms with Crippen LogP contribution in [0.15, 0.2) is 40.2 Å². The molecule has 0 bridgehead atoms. The molecule has 1 aromatic heterocycles. The van der Waals surface area contributed by atoms with Crippen LogP contribution in [0, 0.1) is 17.8 Å². The van der Waals surface area contributed by atoms with Gasteiger partial charge in [0.2, 0.25) is 15.9 Å². The minimum absolute atomic E-state index is 0.107. The zero-order valence-electron chi connectivity index (χ0n) is 19.2. The van der Waals surface area contributed by atoms with Gasteiger partial charge in [-0.25, -0.2) is 8.42 Å². The van der Waals surface area contributed by atoms with Crippen molar-refractivity contribution in [2.24, 2.45) is 17.8 Å². The third-order valence-electron chi connectivity index (χ3n) is 6.84. The molecule has 0 radical (unpaired) electrons. The molecule has 1 amide bonds. The summed E-state index contributed by atoms with van der Waals surface area (Å²) in [5.41, 5.74) is -0.335. The number of likely N-dealkylation sites (tertiary alicyclic amines) is 1. The number of aromatic nitrogens is 1. The fourth-order valence-corrected chi connectivity index (χ4v) is 6.79. The lowest BCUT2D eigenvalue weighted by atomic mass is 9.92. The average molecular weight is 460 g/mol. The highest BCUT2D eigenvalue weighted by atomic mass is 32.2. The van der Waals surface area contributed by atoms with E-state index in [2.05, 4.69) is 20.8 Å². The Morgan fingerprint density at radius 3 is 2.19 bits per heavy atom. The molecule has 0 saturated carbocycles. The molecule has 0 N–H and O–H groups in total. The monoisotopic (exact) mass is 459 g/mol. The third kappa shape index (κ3) is 4.48. The summed E-state index contributed by atoms with van der Waals surface area (Å²) in [6.45, 7) is 8.52. The number of sulfonamides is 1. The van der Waals surface area contributed by atoms with Crippen LogP contribution in [0.4, 0.5) is 0 Å². The van der Waals surface area contributed by atoms with Crippen molar-refractivity contribution < 1.29 is 13.2 Å². The van der Waals surface area contributed by atoms with Crippen LogP contribution in [-0.2, 0) is 21.4 Å². The molecule has 3 heterocycles. The van der Waals surface area contributed by atoms with Gasteiger partial charge in [0.25, 0.3) is 5.56 Å². The van der Waals surface area contributed by atoms with E-state index in [1.807, 2.05) is 0 Å². The van der Waals surface area contributed by atoms with Crippen LogP contribution in [0.5, 0.6) is 0 Å². The maximum absolute atomic E-state index is 13.6. The fraction of sp³-hybridized carbons (Fsp3) is 0.583. The van der Waals surface area contributed by atoms with Gasteiger partial charge >= 0.3 is 0 Å². The van der Waals surface area contributed by atoms with Crippen LogP contribution in [0.3, 0.4) is 0 Å². The van der Waals surface area contributed by atoms with Gasteiger partial charge in [-0.2, -0.15) is 4.31 Å². The lowest BCUT2D eigenvalue weighted by Crippen LogP contribution is -2.45. The molecule has 32 heavy (non-hydrogen) atoms. The second-order valence-corrected chi connectivity index (χ2v) is 11.7. The summed E-state index contributed by atoms with van der Waals surface area (Å²) in [4.78, 5) is 28.1. The smallest absolute Gasteiger partial charge is 0.258 e. The van der Waals surface area contributed by atoms with Crippen molar-refractivity contribution in [1.82, 2.24) is 13.8 Å². The van der Waals surface area contributed by atoms with E-state index in [-0.39, 0.29) is 22.9 Å². The first kappa shape index (κ1) is 23.0. The van der Waals surface area contributed by atoms with Gasteiger partial charge in [0.15, 0.2) is 0 Å². The van der Waals surface area contributed by atoms with Gasteiger partial charge in [-0.05, 0) is 43.1 Å². The minimum Gasteiger partial charge on any atom is -0.341 e. The largest absolute Gasteiger partial charge is 0.341 e. The van der Waals surface area contributed by atoms with Crippen LogP contribution in [0.25, 0.3) is 10.8 Å². The molecule has 2 aliphatic heterocycles. The lowest BCUT2D eigenvalue weighted by molar-refractivity contribution is -0.134. The Morgan fingerprint density at radius 1 is 0.969 bits per heavy atom. The third-order valence-corrected chi connectivity index (χ3v) is 8.77. The second-order valence-electron chi connectivity index (χ2n) is 9.80. The van der Waals surface area contributed by atoms with Gasteiger partial charge in [0.1, 0.15) is 11.4 Å². The zero-order chi connectivity index (χ0) is 23.0. The molecule has 2 fully saturated rings. The average Bonchev–Trinajstić information content (AvgIpc) is 2.75. The van der Waals surface area contributed by atoms with E-state index in [4.69, 9.17) is 0 Å². The Hall–Kier alpha value is -2.19. The Balaban J connectivity index is 1.72. The van der Waals surface area contributed by atoms with Crippen LogP contribution < -0.4 is 5.56 Å². The van der Waals surface area contributed by atoms with Crippen LogP contribution >= 0.6 is 0 Å². The molecular weight excluding hydrogens is 426 g/mol. The Kier molecular flexibility index (Phi) is 6.45. The van der Waals surface area contributed by atoms with E-state index < -0.39 is 10.0 Å². The summed E-state index contributed by atoms with van der Waals surface area (Å²) in [5, 5.41) is 0.743. The highest BCUT2D eigenvalue weighted by Gasteiger charge is 2.31. The summed E-state index contributed by atoms with van der Waals surface area (Å²) in [6.07, 6.45) is 4.10. The number of hydrogen-bond acceptors (Lipinski definition) is 4. The first-order valence-corrected chi connectivity index (χ1v) is 13.0. The van der Waals surface area contributed by atoms with Crippen molar-refractivity contribution in [3.8, 4) is 0 Å². The molecule has 1 aromatic carbocycles. The zero-order valence-corrected chi connectivity index (χ0v) is 20.0. The summed E-state index contributed by atoms with van der Waals surface area (Å²) in [6, 6.07) is 6.78. The number of carbonyl (C=O) groups is 1. The first-order valence-electron chi connectivity index (χ1n) is 11.6. The number of benzene rings is 1. The number of nitrogens with zero attached hydrogens (tertiary/aromatic N) is 3. The Bertz CT molecular complexity index is 1160. The lowest BCUT2D eigenvalue weighted by Gasteiger charge is -2.35. The topological polar surface area (TPSA) is 79.7 Å². The molecule has 174 valence electrons. The fourth-order valence-electron chi connectivity index (χ4n) is 5.11. The molecule has 7 nitrogen and oxygen atoms in total. The van der Waals surface area contributed by atoms with Crippen LogP contribution in [-0.4, -0.2) is 54.3 Å². The Labute approximate surface area is 190 Å². The first-order chi connectivity index (χ1) is 15.2. The number of amides is 1. The molecule has 2 saturated heterocycles. The van der Waals surface area contributed by atoms with E-state index in [1.54, 1.807) is 29.2 Å². The SMILES string of the molecule is CC1CCN(S(=O)(=O)c2cn(CC(=O)N3C[C@H](C)C[C@H](C)C3)c(=O)c3ccccc23)CC1. The van der Waals surface area contributed by atoms with Crippen molar-refractivity contribution in [2.45, 2.75) is 51.5 Å². The molecule has 0 aliphatic carbocycles. The molecular formula is C24H33N3O4S. The predicted molar refractivity (Wildman–Crippen MR) is 125 cm³/mol. The van der Waals surface area contributed by atoms with Gasteiger partial charge in [-0.3, -0.25) is 9.59 Å². The van der Waals surface area contributed by atoms with Crippen molar-refractivity contribution in [2.75, 3.05) is 26.2 Å². The maximum Gasteiger partial charge on any atom is 0.258 e. The Morgan fingerprint density at radius 2 is 1.56 bits per heavy atom. The van der Waals surface area contributed by atoms with Crippen molar-refractivity contribution in [1.29, 1.82) is 0 Å². The number of fused-ring (bicyclic) bond motifs is 1. The number of carbonyl (C=O) groups excluding carboxylic acids is 1. The second kappa shape index (κ2) is 8.98. The highest BCUT2D eigenvalue weighted by Crippen LogP contribution is 2.28. The van der Waals surface area contributed by atoms with E-state index in [0.717, 1.165) is 19.3 Å². The van der Waals surface area contributed by atoms with Gasteiger partial charge in [0, 0.05) is 43.1 Å². The highest BCUT2D eigenvalue weighted by molar-refractivity contribution is 7.89. The van der Waals surface area contributed by atoms with Crippen molar-refractivity contribution >= 4 is 26.7 Å². The standard InChI is InChI=1S/C24H33N3O4S/c1-17-8-10-27(11-9-17)32(30,31)22-15-26(24(29)21-7-5-4-6-20(21)22)16-23(28)25-13-18(2)12-19(3)14-25/h4-7,15,17-19H,8-14,16H2,1-3H3/t18-,19+. The number of rotatable bonds is 4. The molecule has 0 spiro atoms. The van der Waals surface area contributed by atoms with Gasteiger partial charge in [-0.15, -0.1) is 0 Å². The summed E-state index contributed by atoms with van der Waals surface area (Å²) >= 11 is 0. The molecule has 8 heteroatoms. The quantitative estimate of drug-likeness (QED) is 0.704. The minimum atomic E-state index is -3.78. The van der Waals surface area contributed by atoms with E-state index in [9.17, 15) is 18.0 Å². The van der Waals surface area contributed by atoms with Crippen LogP contribution in [0.2, 0.25) is 0 Å². The molecule has 2 aliphatic rings. The van der Waals surface area contributed by atoms with Gasteiger partial charge in [0.05, 0.1) is 0 Å². The molecule has 4 rings (SSSR count). The van der Waals surface area contributed by atoms with E-state index >= 15 is 0 Å². The van der Waals surface area contributed by atoms with Gasteiger partial charge < -0.3 is 9.47 Å². The summed E-state index contributed by atoms with van der Waals surface area (Å²) in [5.74, 6) is 1.18.